The summed E-state index contributed by atoms with van der Waals surface area (Å²) in [5, 5.41) is 6.47. The summed E-state index contributed by atoms with van der Waals surface area (Å²) in [5.74, 6) is 0.245. The normalized spacial score (nSPS) is 15.9. The van der Waals surface area contributed by atoms with Crippen LogP contribution < -0.4 is 10.6 Å². The second-order valence-electron chi connectivity index (χ2n) is 6.59. The van der Waals surface area contributed by atoms with Crippen LogP contribution in [0.1, 0.15) is 30.1 Å². The standard InChI is InChI=1S/C20H22ClN5O2/c1-3-13(2)18(27)24-16-6-4-14(5-7-16)19(28)26-9-8-17(12-26)25-20-22-10-15(21)11-23-20/h4-7,10-11,17H,2-3,8-9,12H2,1H3,(H,24,27)(H,22,23,25)/t17-/m0/s1. The van der Waals surface area contributed by atoms with Gasteiger partial charge in [0.25, 0.3) is 11.8 Å². The lowest BCUT2D eigenvalue weighted by Crippen LogP contribution is -2.31. The third kappa shape index (κ3) is 4.86. The largest absolute Gasteiger partial charge is 0.350 e. The smallest absolute Gasteiger partial charge is 0.253 e. The summed E-state index contributed by atoms with van der Waals surface area (Å²) in [6.07, 6.45) is 4.47. The first kappa shape index (κ1) is 19.8. The van der Waals surface area contributed by atoms with Crippen molar-refractivity contribution in [2.24, 2.45) is 0 Å². The van der Waals surface area contributed by atoms with E-state index in [2.05, 4.69) is 27.2 Å². The van der Waals surface area contributed by atoms with Crippen LogP contribution in [0, 0.1) is 0 Å². The van der Waals surface area contributed by atoms with Gasteiger partial charge in [0, 0.05) is 36.0 Å². The summed E-state index contributed by atoms with van der Waals surface area (Å²) in [6.45, 7) is 6.81. The SMILES string of the molecule is C=C(CC)C(=O)Nc1ccc(C(=O)N2CC[C@H](Nc3ncc(Cl)cn3)C2)cc1. The number of aromatic nitrogens is 2. The molecule has 0 spiro atoms. The highest BCUT2D eigenvalue weighted by Gasteiger charge is 2.27. The first-order valence-corrected chi connectivity index (χ1v) is 9.46. The number of rotatable bonds is 6. The van der Waals surface area contributed by atoms with E-state index < -0.39 is 0 Å². The number of hydrogen-bond acceptors (Lipinski definition) is 5. The van der Waals surface area contributed by atoms with E-state index in [1.807, 2.05) is 6.92 Å². The van der Waals surface area contributed by atoms with Crippen LogP contribution in [-0.4, -0.2) is 45.8 Å². The number of carbonyl (C=O) groups excluding carboxylic acids is 2. The van der Waals surface area contributed by atoms with E-state index in [4.69, 9.17) is 11.6 Å². The van der Waals surface area contributed by atoms with Crippen molar-refractivity contribution in [3.05, 3.63) is 59.4 Å². The first-order valence-electron chi connectivity index (χ1n) is 9.09. The molecule has 146 valence electrons. The van der Waals surface area contributed by atoms with Gasteiger partial charge in [0.1, 0.15) is 0 Å². The minimum Gasteiger partial charge on any atom is -0.350 e. The molecular weight excluding hydrogens is 378 g/mol. The second-order valence-corrected chi connectivity index (χ2v) is 7.03. The highest BCUT2D eigenvalue weighted by atomic mass is 35.5. The third-order valence-electron chi connectivity index (χ3n) is 4.57. The lowest BCUT2D eigenvalue weighted by Gasteiger charge is -2.17. The maximum atomic E-state index is 12.7. The number of halogens is 1. The van der Waals surface area contributed by atoms with E-state index in [-0.39, 0.29) is 17.9 Å². The fourth-order valence-electron chi connectivity index (χ4n) is 2.89. The number of nitrogens with one attached hydrogen (secondary N) is 2. The molecule has 8 heteroatoms. The third-order valence-corrected chi connectivity index (χ3v) is 4.76. The highest BCUT2D eigenvalue weighted by molar-refractivity contribution is 6.30. The molecule has 3 rings (SSSR count). The summed E-state index contributed by atoms with van der Waals surface area (Å²) in [5.41, 5.74) is 1.73. The van der Waals surface area contributed by atoms with Crippen LogP contribution in [0.25, 0.3) is 0 Å². The second kappa shape index (κ2) is 8.84. The molecule has 0 aliphatic carbocycles. The molecule has 2 N–H and O–H groups in total. The summed E-state index contributed by atoms with van der Waals surface area (Å²) in [4.78, 5) is 34.6. The molecule has 28 heavy (non-hydrogen) atoms. The predicted molar refractivity (Wildman–Crippen MR) is 109 cm³/mol. The Labute approximate surface area is 168 Å². The average molecular weight is 400 g/mol. The van der Waals surface area contributed by atoms with Gasteiger partial charge < -0.3 is 15.5 Å². The number of nitrogens with zero attached hydrogens (tertiary/aromatic N) is 3. The van der Waals surface area contributed by atoms with Crippen LogP contribution in [0.3, 0.4) is 0 Å². The van der Waals surface area contributed by atoms with Crippen molar-refractivity contribution in [1.29, 1.82) is 0 Å². The molecular formula is C20H22ClN5O2. The van der Waals surface area contributed by atoms with Crippen molar-refractivity contribution < 1.29 is 9.59 Å². The van der Waals surface area contributed by atoms with Crippen LogP contribution in [0.4, 0.5) is 11.6 Å². The van der Waals surface area contributed by atoms with Crippen molar-refractivity contribution in [3.63, 3.8) is 0 Å². The number of hydrogen-bond donors (Lipinski definition) is 2. The molecule has 2 heterocycles. The number of likely N-dealkylation sites (tertiary alicyclic amines) is 1. The minimum atomic E-state index is -0.209. The fourth-order valence-corrected chi connectivity index (χ4v) is 2.99. The Morgan fingerprint density at radius 2 is 1.93 bits per heavy atom. The quantitative estimate of drug-likeness (QED) is 0.727. The fraction of sp³-hybridized carbons (Fsp3) is 0.300. The molecule has 2 aromatic rings. The molecule has 1 saturated heterocycles. The highest BCUT2D eigenvalue weighted by Crippen LogP contribution is 2.18. The van der Waals surface area contributed by atoms with E-state index in [1.54, 1.807) is 29.2 Å². The van der Waals surface area contributed by atoms with Gasteiger partial charge in [-0.25, -0.2) is 9.97 Å². The van der Waals surface area contributed by atoms with Gasteiger partial charge >= 0.3 is 0 Å². The maximum absolute atomic E-state index is 12.7. The number of benzene rings is 1. The zero-order valence-electron chi connectivity index (χ0n) is 15.6. The minimum absolute atomic E-state index is 0.0443. The molecule has 2 amide bonds. The van der Waals surface area contributed by atoms with Gasteiger partial charge in [-0.1, -0.05) is 25.1 Å². The van der Waals surface area contributed by atoms with Crippen LogP contribution in [0.2, 0.25) is 5.02 Å². The zero-order valence-corrected chi connectivity index (χ0v) is 16.4. The molecule has 0 bridgehead atoms. The van der Waals surface area contributed by atoms with Crippen LogP contribution >= 0.6 is 11.6 Å². The number of anilines is 2. The number of carbonyl (C=O) groups is 2. The van der Waals surface area contributed by atoms with Gasteiger partial charge in [0.05, 0.1) is 17.4 Å². The van der Waals surface area contributed by atoms with Crippen LogP contribution in [0.5, 0.6) is 0 Å². The molecule has 1 aliphatic heterocycles. The van der Waals surface area contributed by atoms with Gasteiger partial charge in [-0.05, 0) is 37.1 Å². The molecule has 0 unspecified atom stereocenters. The van der Waals surface area contributed by atoms with Gasteiger partial charge in [0.15, 0.2) is 0 Å². The van der Waals surface area contributed by atoms with Crippen LogP contribution in [0.15, 0.2) is 48.8 Å². The maximum Gasteiger partial charge on any atom is 0.253 e. The molecule has 1 atom stereocenters. The Bertz CT molecular complexity index is 867. The summed E-state index contributed by atoms with van der Waals surface area (Å²) >= 11 is 5.79. The van der Waals surface area contributed by atoms with Crippen molar-refractivity contribution >= 4 is 35.1 Å². The van der Waals surface area contributed by atoms with E-state index in [1.165, 1.54) is 12.4 Å². The molecule has 1 aromatic heterocycles. The Balaban J connectivity index is 1.56. The lowest BCUT2D eigenvalue weighted by atomic mass is 10.1. The average Bonchev–Trinajstić information content (AvgIpc) is 3.17. The van der Waals surface area contributed by atoms with Gasteiger partial charge in [0.2, 0.25) is 5.95 Å². The summed E-state index contributed by atoms with van der Waals surface area (Å²) in [7, 11) is 0. The molecule has 1 aliphatic rings. The van der Waals surface area contributed by atoms with E-state index in [9.17, 15) is 9.59 Å². The van der Waals surface area contributed by atoms with Crippen molar-refractivity contribution in [3.8, 4) is 0 Å². The van der Waals surface area contributed by atoms with E-state index in [0.717, 1.165) is 6.42 Å². The molecule has 7 nitrogen and oxygen atoms in total. The topological polar surface area (TPSA) is 87.2 Å². The summed E-state index contributed by atoms with van der Waals surface area (Å²) in [6, 6.07) is 6.97. The molecule has 0 saturated carbocycles. The Kier molecular flexibility index (Phi) is 6.26. The van der Waals surface area contributed by atoms with Gasteiger partial charge in [-0.3, -0.25) is 9.59 Å². The zero-order chi connectivity index (χ0) is 20.1. The Morgan fingerprint density at radius 1 is 1.25 bits per heavy atom. The summed E-state index contributed by atoms with van der Waals surface area (Å²) < 4.78 is 0. The van der Waals surface area contributed by atoms with E-state index >= 15 is 0 Å². The predicted octanol–water partition coefficient (Wildman–Crippen LogP) is 3.36. The monoisotopic (exact) mass is 399 g/mol. The van der Waals surface area contributed by atoms with Crippen molar-refractivity contribution in [2.75, 3.05) is 23.7 Å². The lowest BCUT2D eigenvalue weighted by molar-refractivity contribution is -0.112. The Hall–Kier alpha value is -2.93. The molecule has 1 aromatic carbocycles. The molecule has 1 fully saturated rings. The Morgan fingerprint density at radius 3 is 2.57 bits per heavy atom. The number of amides is 2. The van der Waals surface area contributed by atoms with Crippen molar-refractivity contribution in [2.45, 2.75) is 25.8 Å². The molecule has 0 radical (unpaired) electrons. The van der Waals surface area contributed by atoms with Gasteiger partial charge in [-0.15, -0.1) is 0 Å². The first-order chi connectivity index (χ1) is 13.5. The van der Waals surface area contributed by atoms with Crippen molar-refractivity contribution in [1.82, 2.24) is 14.9 Å². The van der Waals surface area contributed by atoms with Gasteiger partial charge in [-0.2, -0.15) is 0 Å². The van der Waals surface area contributed by atoms with Crippen LogP contribution in [-0.2, 0) is 4.79 Å². The van der Waals surface area contributed by atoms with E-state index in [0.29, 0.717) is 47.3 Å².